The Bertz CT molecular complexity index is 1510. The second kappa shape index (κ2) is 12.1. The molecule has 200 valence electrons. The van der Waals surface area contributed by atoms with E-state index in [9.17, 15) is 0 Å². The van der Waals surface area contributed by atoms with Gasteiger partial charge in [-0.15, -0.1) is 0 Å². The number of nitrogen functional groups attached to an aromatic ring is 1. The van der Waals surface area contributed by atoms with Crippen molar-refractivity contribution in [1.82, 2.24) is 30.2 Å². The van der Waals surface area contributed by atoms with E-state index in [4.69, 9.17) is 10.7 Å². The van der Waals surface area contributed by atoms with Crippen molar-refractivity contribution in [3.63, 3.8) is 0 Å². The van der Waals surface area contributed by atoms with Gasteiger partial charge < -0.3 is 16.0 Å². The van der Waals surface area contributed by atoms with Gasteiger partial charge in [-0.05, 0) is 67.6 Å². The molecule has 0 radical (unpaired) electrons. The lowest BCUT2D eigenvalue weighted by atomic mass is 10.0. The number of H-pyrrole nitrogens is 1. The molecule has 0 aliphatic heterocycles. The summed E-state index contributed by atoms with van der Waals surface area (Å²) < 4.78 is 16.0. The molecule has 0 atom stereocenters. The van der Waals surface area contributed by atoms with E-state index in [0.29, 0.717) is 34.7 Å². The predicted molar refractivity (Wildman–Crippen MR) is 155 cm³/mol. The third kappa shape index (κ3) is 5.96. The standard InChI is InChI=1S/C31H34FN7/c1-3-20(16-35-17-21-8-5-6-9-21)14-22(4-2)29-28(32)24(25(33)19-37-29)15-27-38-26-11-13-36-30(31(26)39-27)23-10-7-12-34-18-23/h3-4,7,10-14,18-19,21,35H,1,5-6,8-9,15-17,33H2,2H3,(H,38,39)/b20-14+,22-4+. The smallest absolute Gasteiger partial charge is 0.155 e. The van der Waals surface area contributed by atoms with Crippen LogP contribution in [0.4, 0.5) is 10.1 Å². The molecule has 0 aromatic carbocycles. The van der Waals surface area contributed by atoms with Crippen molar-refractivity contribution in [3.8, 4) is 11.3 Å². The zero-order chi connectivity index (χ0) is 27.2. The Hall–Kier alpha value is -4.17. The van der Waals surface area contributed by atoms with E-state index in [1.807, 2.05) is 43.4 Å². The van der Waals surface area contributed by atoms with E-state index in [2.05, 4.69) is 31.8 Å². The van der Waals surface area contributed by atoms with Crippen LogP contribution >= 0.6 is 0 Å². The normalized spacial score (nSPS) is 14.8. The second-order valence-corrected chi connectivity index (χ2v) is 9.96. The molecule has 0 bridgehead atoms. The van der Waals surface area contributed by atoms with Crippen LogP contribution in [-0.4, -0.2) is 38.0 Å². The lowest BCUT2D eigenvalue weighted by Gasteiger charge is -2.13. The van der Waals surface area contributed by atoms with Gasteiger partial charge in [0.05, 0.1) is 23.1 Å². The highest BCUT2D eigenvalue weighted by molar-refractivity contribution is 5.89. The van der Waals surface area contributed by atoms with Gasteiger partial charge in [0.25, 0.3) is 0 Å². The molecular formula is C31H34FN7. The molecule has 4 heterocycles. The number of allylic oxidation sites excluding steroid dienone is 3. The maximum Gasteiger partial charge on any atom is 0.155 e. The molecule has 5 rings (SSSR count). The van der Waals surface area contributed by atoms with Gasteiger partial charge in [-0.25, -0.2) is 9.37 Å². The lowest BCUT2D eigenvalue weighted by molar-refractivity contribution is 0.503. The number of anilines is 1. The van der Waals surface area contributed by atoms with Crippen LogP contribution in [0, 0.1) is 11.7 Å². The van der Waals surface area contributed by atoms with Crippen molar-refractivity contribution in [2.75, 3.05) is 18.8 Å². The van der Waals surface area contributed by atoms with Gasteiger partial charge in [-0.1, -0.05) is 31.6 Å². The van der Waals surface area contributed by atoms with Gasteiger partial charge in [0.15, 0.2) is 5.82 Å². The minimum atomic E-state index is -0.451. The Morgan fingerprint density at radius 1 is 1.21 bits per heavy atom. The van der Waals surface area contributed by atoms with Crippen LogP contribution in [0.1, 0.15) is 49.7 Å². The molecule has 0 saturated heterocycles. The summed E-state index contributed by atoms with van der Waals surface area (Å²) in [5.74, 6) is 0.879. The quantitative estimate of drug-likeness (QED) is 0.220. The summed E-state index contributed by atoms with van der Waals surface area (Å²) in [7, 11) is 0. The predicted octanol–water partition coefficient (Wildman–Crippen LogP) is 6.02. The molecule has 0 amide bonds. The summed E-state index contributed by atoms with van der Waals surface area (Å²) in [5.41, 5.74) is 11.9. The number of hydrogen-bond acceptors (Lipinski definition) is 6. The van der Waals surface area contributed by atoms with Crippen LogP contribution in [0.5, 0.6) is 0 Å². The number of nitrogens with one attached hydrogen (secondary N) is 2. The Morgan fingerprint density at radius 3 is 2.79 bits per heavy atom. The van der Waals surface area contributed by atoms with Crippen LogP contribution < -0.4 is 11.1 Å². The first-order valence-electron chi connectivity index (χ1n) is 13.4. The summed E-state index contributed by atoms with van der Waals surface area (Å²) in [5, 5.41) is 3.53. The van der Waals surface area contributed by atoms with Crippen molar-refractivity contribution in [1.29, 1.82) is 0 Å². The zero-order valence-corrected chi connectivity index (χ0v) is 22.3. The van der Waals surface area contributed by atoms with Gasteiger partial charge >= 0.3 is 0 Å². The van der Waals surface area contributed by atoms with E-state index in [-0.39, 0.29) is 17.8 Å². The third-order valence-corrected chi connectivity index (χ3v) is 7.31. The highest BCUT2D eigenvalue weighted by Crippen LogP contribution is 2.29. The number of nitrogens with two attached hydrogens (primary N) is 1. The molecule has 1 aliphatic carbocycles. The maximum atomic E-state index is 16.0. The van der Waals surface area contributed by atoms with Crippen molar-refractivity contribution < 1.29 is 4.39 Å². The first kappa shape index (κ1) is 26.4. The SMILES string of the molecule is C=C/C(=C\C(=C/C)c1ncc(N)c(Cc2nc3c(-c4cccnc4)nccc3[nH]2)c1F)CNCC1CCCC1. The first-order chi connectivity index (χ1) is 19.1. The average molecular weight is 524 g/mol. The highest BCUT2D eigenvalue weighted by Gasteiger charge is 2.19. The number of imidazole rings is 1. The van der Waals surface area contributed by atoms with Crippen LogP contribution in [0.3, 0.4) is 0 Å². The first-order valence-corrected chi connectivity index (χ1v) is 13.4. The number of pyridine rings is 3. The van der Waals surface area contributed by atoms with E-state index in [1.165, 1.54) is 31.9 Å². The molecule has 4 N–H and O–H groups in total. The highest BCUT2D eigenvalue weighted by atomic mass is 19.1. The number of hydrogen-bond donors (Lipinski definition) is 3. The Labute approximate surface area is 228 Å². The molecular weight excluding hydrogens is 489 g/mol. The van der Waals surface area contributed by atoms with E-state index in [0.717, 1.165) is 29.1 Å². The molecule has 1 fully saturated rings. The van der Waals surface area contributed by atoms with Crippen LogP contribution in [0.2, 0.25) is 0 Å². The molecule has 0 spiro atoms. The Kier molecular flexibility index (Phi) is 8.22. The maximum absolute atomic E-state index is 16.0. The third-order valence-electron chi connectivity index (χ3n) is 7.31. The molecule has 7 nitrogen and oxygen atoms in total. The van der Waals surface area contributed by atoms with Gasteiger partial charge in [0.2, 0.25) is 0 Å². The summed E-state index contributed by atoms with van der Waals surface area (Å²) in [6.45, 7) is 7.50. The van der Waals surface area contributed by atoms with Crippen molar-refractivity contribution >= 4 is 22.3 Å². The Morgan fingerprint density at radius 2 is 2.05 bits per heavy atom. The van der Waals surface area contributed by atoms with Gasteiger partial charge in [-0.3, -0.25) is 15.0 Å². The fourth-order valence-electron chi connectivity index (χ4n) is 5.18. The number of rotatable bonds is 10. The fourth-order valence-corrected chi connectivity index (χ4v) is 5.18. The van der Waals surface area contributed by atoms with Crippen molar-refractivity contribution in [2.24, 2.45) is 5.92 Å². The molecule has 1 aliphatic rings. The number of fused-ring (bicyclic) bond motifs is 1. The van der Waals surface area contributed by atoms with Crippen LogP contribution in [0.25, 0.3) is 27.9 Å². The van der Waals surface area contributed by atoms with Crippen LogP contribution in [0.15, 0.2) is 73.4 Å². The summed E-state index contributed by atoms with van der Waals surface area (Å²) in [6, 6.07) is 5.64. The molecule has 8 heteroatoms. The topological polar surface area (TPSA) is 105 Å². The monoisotopic (exact) mass is 523 g/mol. The van der Waals surface area contributed by atoms with E-state index < -0.39 is 5.82 Å². The lowest BCUT2D eigenvalue weighted by Crippen LogP contribution is -2.23. The number of nitrogens with zero attached hydrogens (tertiary/aromatic N) is 4. The molecule has 1 saturated carbocycles. The number of aromatic amines is 1. The Balaban J connectivity index is 1.40. The molecule has 4 aromatic heterocycles. The van der Waals surface area contributed by atoms with Crippen molar-refractivity contribution in [2.45, 2.75) is 39.0 Å². The molecule has 0 unspecified atom stereocenters. The summed E-state index contributed by atoms with van der Waals surface area (Å²) in [4.78, 5) is 21.1. The van der Waals surface area contributed by atoms with Gasteiger partial charge in [-0.2, -0.15) is 0 Å². The van der Waals surface area contributed by atoms with Gasteiger partial charge in [0.1, 0.15) is 17.0 Å². The van der Waals surface area contributed by atoms with Crippen LogP contribution in [-0.2, 0) is 6.42 Å². The summed E-state index contributed by atoms with van der Waals surface area (Å²) >= 11 is 0. The molecule has 39 heavy (non-hydrogen) atoms. The second-order valence-electron chi connectivity index (χ2n) is 9.96. The van der Waals surface area contributed by atoms with E-state index >= 15 is 4.39 Å². The average Bonchev–Trinajstić information content (AvgIpc) is 3.63. The largest absolute Gasteiger partial charge is 0.397 e. The van der Waals surface area contributed by atoms with E-state index in [1.54, 1.807) is 18.6 Å². The molecule has 4 aromatic rings. The minimum absolute atomic E-state index is 0.187. The number of halogens is 1. The van der Waals surface area contributed by atoms with Crippen molar-refractivity contribution in [3.05, 3.63) is 96.3 Å². The fraction of sp³-hybridized carbons (Fsp3) is 0.290. The zero-order valence-electron chi connectivity index (χ0n) is 22.3. The summed E-state index contributed by atoms with van der Waals surface area (Å²) in [6.07, 6.45) is 17.7. The minimum Gasteiger partial charge on any atom is -0.397 e. The van der Waals surface area contributed by atoms with Gasteiger partial charge in [0, 0.05) is 42.7 Å². The number of aromatic nitrogens is 5.